The van der Waals surface area contributed by atoms with Crippen molar-refractivity contribution in [1.29, 1.82) is 0 Å². The predicted octanol–water partition coefficient (Wildman–Crippen LogP) is 6.46. The number of aryl methyl sites for hydroxylation is 2. The summed E-state index contributed by atoms with van der Waals surface area (Å²) in [5.41, 5.74) is 7.03. The predicted molar refractivity (Wildman–Crippen MR) is 113 cm³/mol. The van der Waals surface area contributed by atoms with Crippen molar-refractivity contribution >= 4 is 21.8 Å². The monoisotopic (exact) mass is 348 g/mol. The van der Waals surface area contributed by atoms with Crippen LogP contribution in [0.5, 0.6) is 0 Å². The maximum absolute atomic E-state index is 5.05. The third-order valence-electron chi connectivity index (χ3n) is 5.25. The van der Waals surface area contributed by atoms with E-state index in [1.165, 1.54) is 27.6 Å². The molecular formula is C25H20N2. The van der Waals surface area contributed by atoms with Crippen molar-refractivity contribution < 1.29 is 0 Å². The fraction of sp³-hybridized carbons (Fsp3) is 0.0800. The Hall–Kier alpha value is -3.39. The van der Waals surface area contributed by atoms with Crippen LogP contribution in [-0.2, 0) is 0 Å². The highest BCUT2D eigenvalue weighted by atomic mass is 15.1. The molecule has 0 bridgehead atoms. The van der Waals surface area contributed by atoms with Gasteiger partial charge in [0.05, 0.1) is 16.7 Å². The molecule has 0 fully saturated rings. The van der Waals surface area contributed by atoms with E-state index >= 15 is 0 Å². The second-order valence-corrected chi connectivity index (χ2v) is 7.03. The molecular weight excluding hydrogens is 328 g/mol. The SMILES string of the molecule is Cc1cccc(C)c1-n1c(-c2cccc3ccccc23)nc2ccccc21. The lowest BCUT2D eigenvalue weighted by atomic mass is 10.0. The van der Waals surface area contributed by atoms with Gasteiger partial charge in [-0.05, 0) is 47.9 Å². The van der Waals surface area contributed by atoms with Gasteiger partial charge in [-0.3, -0.25) is 4.57 Å². The van der Waals surface area contributed by atoms with E-state index in [0.29, 0.717) is 0 Å². The number of hydrogen-bond acceptors (Lipinski definition) is 1. The first kappa shape index (κ1) is 15.8. The minimum atomic E-state index is 0.991. The fourth-order valence-corrected chi connectivity index (χ4v) is 4.01. The number of para-hydroxylation sites is 3. The molecule has 0 spiro atoms. The molecule has 2 nitrogen and oxygen atoms in total. The Morgan fingerprint density at radius 1 is 0.667 bits per heavy atom. The normalized spacial score (nSPS) is 11.3. The molecule has 0 saturated carbocycles. The van der Waals surface area contributed by atoms with Crippen LogP contribution < -0.4 is 0 Å². The van der Waals surface area contributed by atoms with Crippen LogP contribution in [0, 0.1) is 13.8 Å². The third kappa shape index (κ3) is 2.45. The van der Waals surface area contributed by atoms with E-state index in [1.807, 2.05) is 0 Å². The van der Waals surface area contributed by atoms with Crippen LogP contribution in [0.25, 0.3) is 38.9 Å². The molecule has 1 aromatic heterocycles. The lowest BCUT2D eigenvalue weighted by Gasteiger charge is -2.16. The molecule has 0 N–H and O–H groups in total. The Morgan fingerprint density at radius 2 is 1.33 bits per heavy atom. The van der Waals surface area contributed by atoms with Gasteiger partial charge in [-0.15, -0.1) is 0 Å². The lowest BCUT2D eigenvalue weighted by Crippen LogP contribution is -2.02. The van der Waals surface area contributed by atoms with E-state index in [2.05, 4.69) is 103 Å². The van der Waals surface area contributed by atoms with Crippen molar-refractivity contribution in [2.24, 2.45) is 0 Å². The molecule has 130 valence electrons. The Balaban J connectivity index is 1.94. The molecule has 27 heavy (non-hydrogen) atoms. The minimum Gasteiger partial charge on any atom is -0.292 e. The molecule has 5 rings (SSSR count). The minimum absolute atomic E-state index is 0.991. The number of hydrogen-bond donors (Lipinski definition) is 0. The van der Waals surface area contributed by atoms with Gasteiger partial charge in [0.1, 0.15) is 5.82 Å². The second kappa shape index (κ2) is 6.10. The summed E-state index contributed by atoms with van der Waals surface area (Å²) in [7, 11) is 0. The third-order valence-corrected chi connectivity index (χ3v) is 5.25. The summed E-state index contributed by atoms with van der Waals surface area (Å²) in [6, 6.07) is 29.8. The Morgan fingerprint density at radius 3 is 2.19 bits per heavy atom. The molecule has 0 atom stereocenters. The van der Waals surface area contributed by atoms with Crippen molar-refractivity contribution in [3.05, 3.63) is 96.1 Å². The largest absolute Gasteiger partial charge is 0.292 e. The van der Waals surface area contributed by atoms with Crippen molar-refractivity contribution in [3.8, 4) is 17.1 Å². The summed E-state index contributed by atoms with van der Waals surface area (Å²) in [5.74, 6) is 0.991. The highest BCUT2D eigenvalue weighted by Gasteiger charge is 2.18. The Kier molecular flexibility index (Phi) is 3.58. The van der Waals surface area contributed by atoms with Crippen LogP contribution in [-0.4, -0.2) is 9.55 Å². The topological polar surface area (TPSA) is 17.8 Å². The van der Waals surface area contributed by atoms with Crippen LogP contribution in [0.15, 0.2) is 84.9 Å². The molecule has 1 heterocycles. The molecule has 0 aliphatic heterocycles. The van der Waals surface area contributed by atoms with E-state index < -0.39 is 0 Å². The molecule has 4 aromatic carbocycles. The van der Waals surface area contributed by atoms with Crippen LogP contribution in [0.3, 0.4) is 0 Å². The molecule has 0 radical (unpaired) electrons. The molecule has 0 unspecified atom stereocenters. The van der Waals surface area contributed by atoms with Gasteiger partial charge in [-0.2, -0.15) is 0 Å². The maximum atomic E-state index is 5.05. The highest BCUT2D eigenvalue weighted by Crippen LogP contribution is 2.34. The van der Waals surface area contributed by atoms with E-state index in [0.717, 1.165) is 22.4 Å². The zero-order chi connectivity index (χ0) is 18.4. The van der Waals surface area contributed by atoms with Crippen LogP contribution in [0.4, 0.5) is 0 Å². The first-order chi connectivity index (χ1) is 13.2. The van der Waals surface area contributed by atoms with Gasteiger partial charge in [0.25, 0.3) is 0 Å². The Labute approximate surface area is 158 Å². The van der Waals surface area contributed by atoms with E-state index in [1.54, 1.807) is 0 Å². The summed E-state index contributed by atoms with van der Waals surface area (Å²) in [5, 5.41) is 2.46. The molecule has 2 heteroatoms. The summed E-state index contributed by atoms with van der Waals surface area (Å²) in [6.45, 7) is 4.34. The quantitative estimate of drug-likeness (QED) is 0.358. The van der Waals surface area contributed by atoms with Crippen molar-refractivity contribution in [2.75, 3.05) is 0 Å². The van der Waals surface area contributed by atoms with Crippen molar-refractivity contribution in [1.82, 2.24) is 9.55 Å². The molecule has 0 aliphatic carbocycles. The number of rotatable bonds is 2. The molecule has 5 aromatic rings. The zero-order valence-electron chi connectivity index (χ0n) is 15.5. The van der Waals surface area contributed by atoms with Crippen molar-refractivity contribution in [2.45, 2.75) is 13.8 Å². The zero-order valence-corrected chi connectivity index (χ0v) is 15.5. The number of nitrogens with zero attached hydrogens (tertiary/aromatic N) is 2. The summed E-state index contributed by atoms with van der Waals surface area (Å²) in [4.78, 5) is 5.05. The van der Waals surface area contributed by atoms with Gasteiger partial charge in [0, 0.05) is 5.56 Å². The average molecular weight is 348 g/mol. The van der Waals surface area contributed by atoms with Gasteiger partial charge in [-0.1, -0.05) is 72.8 Å². The number of benzene rings is 4. The lowest BCUT2D eigenvalue weighted by molar-refractivity contribution is 1.06. The standard InChI is InChI=1S/C25H20N2/c1-17-9-7-10-18(2)24(17)27-23-16-6-5-15-22(23)26-25(27)21-14-8-12-19-11-3-4-13-20(19)21/h3-16H,1-2H3. The van der Waals surface area contributed by atoms with E-state index in [4.69, 9.17) is 4.98 Å². The number of fused-ring (bicyclic) bond motifs is 2. The molecule has 0 aliphatic rings. The second-order valence-electron chi connectivity index (χ2n) is 7.03. The summed E-state index contributed by atoms with van der Waals surface area (Å²) >= 11 is 0. The maximum Gasteiger partial charge on any atom is 0.146 e. The smallest absolute Gasteiger partial charge is 0.146 e. The van der Waals surface area contributed by atoms with Crippen LogP contribution in [0.1, 0.15) is 11.1 Å². The van der Waals surface area contributed by atoms with E-state index in [9.17, 15) is 0 Å². The Bertz CT molecular complexity index is 1270. The first-order valence-corrected chi connectivity index (χ1v) is 9.26. The van der Waals surface area contributed by atoms with E-state index in [-0.39, 0.29) is 0 Å². The van der Waals surface area contributed by atoms with Gasteiger partial charge < -0.3 is 0 Å². The summed E-state index contributed by atoms with van der Waals surface area (Å²) in [6.07, 6.45) is 0. The van der Waals surface area contributed by atoms with Crippen molar-refractivity contribution in [3.63, 3.8) is 0 Å². The van der Waals surface area contributed by atoms with Gasteiger partial charge >= 0.3 is 0 Å². The highest BCUT2D eigenvalue weighted by molar-refractivity contribution is 5.97. The van der Waals surface area contributed by atoms with Gasteiger partial charge in [0.2, 0.25) is 0 Å². The number of imidazole rings is 1. The van der Waals surface area contributed by atoms with Gasteiger partial charge in [-0.25, -0.2) is 4.98 Å². The van der Waals surface area contributed by atoms with Crippen LogP contribution in [0.2, 0.25) is 0 Å². The molecule has 0 amide bonds. The summed E-state index contributed by atoms with van der Waals surface area (Å²) < 4.78 is 2.32. The fourth-order valence-electron chi connectivity index (χ4n) is 4.01. The molecule has 0 saturated heterocycles. The first-order valence-electron chi connectivity index (χ1n) is 9.26. The van der Waals surface area contributed by atoms with Gasteiger partial charge in [0.15, 0.2) is 0 Å². The number of aromatic nitrogens is 2. The van der Waals surface area contributed by atoms with Crippen LogP contribution >= 0.6 is 0 Å². The average Bonchev–Trinajstić information content (AvgIpc) is 3.07.